The third-order valence-electron chi connectivity index (χ3n) is 2.95. The van der Waals surface area contributed by atoms with Gasteiger partial charge in [0, 0.05) is 12.2 Å². The molecule has 0 aliphatic carbocycles. The van der Waals surface area contributed by atoms with E-state index in [0.29, 0.717) is 18.9 Å². The summed E-state index contributed by atoms with van der Waals surface area (Å²) in [6.07, 6.45) is 0.701. The number of benzene rings is 1. The van der Waals surface area contributed by atoms with E-state index in [2.05, 4.69) is 23.9 Å². The topological polar surface area (TPSA) is 78.4 Å². The van der Waals surface area contributed by atoms with Crippen molar-refractivity contribution in [1.82, 2.24) is 4.72 Å². The molecule has 0 radical (unpaired) electrons. The van der Waals surface area contributed by atoms with Gasteiger partial charge >= 0.3 is 0 Å². The third kappa shape index (κ3) is 5.11. The zero-order valence-corrected chi connectivity index (χ0v) is 13.3. The molecule has 114 valence electrons. The first-order valence-corrected chi connectivity index (χ1v) is 8.14. The van der Waals surface area contributed by atoms with E-state index in [1.807, 2.05) is 0 Å². The lowest BCUT2D eigenvalue weighted by molar-refractivity contribution is 0.0515. The van der Waals surface area contributed by atoms with Crippen LogP contribution in [-0.2, 0) is 10.0 Å². The van der Waals surface area contributed by atoms with Crippen molar-refractivity contribution in [2.45, 2.75) is 37.7 Å². The number of aliphatic hydroxyl groups is 1. The molecule has 1 unspecified atom stereocenters. The molecule has 0 spiro atoms. The average molecular weight is 300 g/mol. The molecule has 1 aromatic carbocycles. The molecule has 0 saturated carbocycles. The van der Waals surface area contributed by atoms with Crippen molar-refractivity contribution in [3.8, 4) is 0 Å². The van der Waals surface area contributed by atoms with Crippen molar-refractivity contribution >= 4 is 15.7 Å². The first-order valence-electron chi connectivity index (χ1n) is 6.66. The summed E-state index contributed by atoms with van der Waals surface area (Å²) in [5.74, 6) is 0.412. The summed E-state index contributed by atoms with van der Waals surface area (Å²) in [5.41, 5.74) is -0.00625. The van der Waals surface area contributed by atoms with Crippen LogP contribution in [0.2, 0.25) is 0 Å². The largest absolute Gasteiger partial charge is 0.388 e. The minimum absolute atomic E-state index is 0.222. The van der Waals surface area contributed by atoms with Crippen LogP contribution >= 0.6 is 0 Å². The molecule has 1 aromatic rings. The van der Waals surface area contributed by atoms with Crippen LogP contribution in [0, 0.1) is 5.92 Å². The fourth-order valence-corrected chi connectivity index (χ4v) is 2.84. The summed E-state index contributed by atoms with van der Waals surface area (Å²) >= 11 is 0. The molecule has 0 aliphatic rings. The second-order valence-electron chi connectivity index (χ2n) is 5.68. The molecule has 5 nitrogen and oxygen atoms in total. The highest BCUT2D eigenvalue weighted by molar-refractivity contribution is 7.89. The van der Waals surface area contributed by atoms with Gasteiger partial charge in [0.05, 0.1) is 10.5 Å². The van der Waals surface area contributed by atoms with E-state index in [-0.39, 0.29) is 4.90 Å². The van der Waals surface area contributed by atoms with E-state index in [1.165, 1.54) is 19.2 Å². The second-order valence-corrected chi connectivity index (χ2v) is 7.57. The fraction of sp³-hybridized carbons (Fsp3) is 0.571. The van der Waals surface area contributed by atoms with Crippen molar-refractivity contribution in [3.63, 3.8) is 0 Å². The van der Waals surface area contributed by atoms with E-state index in [9.17, 15) is 13.5 Å². The molecule has 20 heavy (non-hydrogen) atoms. The Labute approximate surface area is 121 Å². The maximum absolute atomic E-state index is 11.6. The van der Waals surface area contributed by atoms with Gasteiger partial charge in [-0.25, -0.2) is 13.1 Å². The molecule has 1 rings (SSSR count). The van der Waals surface area contributed by atoms with Crippen LogP contribution in [-0.4, -0.2) is 32.7 Å². The predicted octanol–water partition coefficient (Wildman–Crippen LogP) is 1.80. The van der Waals surface area contributed by atoms with Gasteiger partial charge in [0.25, 0.3) is 0 Å². The highest BCUT2D eigenvalue weighted by Gasteiger charge is 2.21. The smallest absolute Gasteiger partial charge is 0.240 e. The summed E-state index contributed by atoms with van der Waals surface area (Å²) in [5, 5.41) is 13.3. The van der Waals surface area contributed by atoms with Crippen molar-refractivity contribution in [2.75, 3.05) is 18.9 Å². The van der Waals surface area contributed by atoms with Crippen LogP contribution in [0.4, 0.5) is 5.69 Å². The Morgan fingerprint density at radius 1 is 1.25 bits per heavy atom. The van der Waals surface area contributed by atoms with Crippen LogP contribution in [0.5, 0.6) is 0 Å². The van der Waals surface area contributed by atoms with Crippen molar-refractivity contribution < 1.29 is 13.5 Å². The molecule has 0 aliphatic heterocycles. The first kappa shape index (κ1) is 16.9. The van der Waals surface area contributed by atoms with Crippen molar-refractivity contribution in [2.24, 2.45) is 5.92 Å². The van der Waals surface area contributed by atoms with Gasteiger partial charge in [-0.05, 0) is 50.6 Å². The zero-order valence-electron chi connectivity index (χ0n) is 12.5. The molecule has 0 saturated heterocycles. The average Bonchev–Trinajstić information content (AvgIpc) is 2.35. The van der Waals surface area contributed by atoms with Crippen molar-refractivity contribution in [3.05, 3.63) is 24.3 Å². The van der Waals surface area contributed by atoms with Gasteiger partial charge in [0.1, 0.15) is 0 Å². The number of rotatable bonds is 7. The lowest BCUT2D eigenvalue weighted by Gasteiger charge is -2.26. The van der Waals surface area contributed by atoms with Crippen LogP contribution in [0.1, 0.15) is 27.2 Å². The van der Waals surface area contributed by atoms with E-state index in [0.717, 1.165) is 5.69 Å². The Balaban J connectivity index is 2.67. The Bertz CT molecular complexity index is 522. The molecule has 0 fully saturated rings. The van der Waals surface area contributed by atoms with E-state index in [4.69, 9.17) is 0 Å². The minimum atomic E-state index is -3.40. The van der Waals surface area contributed by atoms with E-state index >= 15 is 0 Å². The SMILES string of the molecule is CNS(=O)(=O)c1ccc(NCC(C)(O)CC(C)C)cc1. The fourth-order valence-electron chi connectivity index (χ4n) is 2.11. The van der Waals surface area contributed by atoms with Gasteiger partial charge in [0.2, 0.25) is 10.0 Å². The lowest BCUT2D eigenvalue weighted by Crippen LogP contribution is -2.34. The summed E-state index contributed by atoms with van der Waals surface area (Å²) in [6, 6.07) is 6.45. The molecule has 1 atom stereocenters. The predicted molar refractivity (Wildman–Crippen MR) is 81.3 cm³/mol. The van der Waals surface area contributed by atoms with Crippen LogP contribution < -0.4 is 10.0 Å². The molecule has 0 aromatic heterocycles. The second kappa shape index (κ2) is 6.56. The van der Waals surface area contributed by atoms with E-state index in [1.54, 1.807) is 19.1 Å². The molecule has 6 heteroatoms. The van der Waals surface area contributed by atoms with Crippen LogP contribution in [0.3, 0.4) is 0 Å². The van der Waals surface area contributed by atoms with Crippen LogP contribution in [0.15, 0.2) is 29.2 Å². The number of hydrogen-bond acceptors (Lipinski definition) is 4. The number of nitrogens with one attached hydrogen (secondary N) is 2. The zero-order chi connectivity index (χ0) is 15.4. The quantitative estimate of drug-likeness (QED) is 0.717. The third-order valence-corrected chi connectivity index (χ3v) is 4.38. The lowest BCUT2D eigenvalue weighted by atomic mass is 9.94. The van der Waals surface area contributed by atoms with E-state index < -0.39 is 15.6 Å². The Morgan fingerprint density at radius 3 is 2.25 bits per heavy atom. The first-order chi connectivity index (χ1) is 9.16. The Hall–Kier alpha value is -1.11. The van der Waals surface area contributed by atoms with Gasteiger partial charge in [-0.1, -0.05) is 13.8 Å². The Morgan fingerprint density at radius 2 is 1.80 bits per heavy atom. The monoisotopic (exact) mass is 300 g/mol. The van der Waals surface area contributed by atoms with Gasteiger partial charge in [-0.15, -0.1) is 0 Å². The number of anilines is 1. The highest BCUT2D eigenvalue weighted by Crippen LogP contribution is 2.18. The standard InChI is InChI=1S/C14H24N2O3S/c1-11(2)9-14(3,17)10-16-12-5-7-13(8-6-12)20(18,19)15-4/h5-8,11,15-17H,9-10H2,1-4H3. The van der Waals surface area contributed by atoms with Gasteiger partial charge in [-0.2, -0.15) is 0 Å². The maximum Gasteiger partial charge on any atom is 0.240 e. The van der Waals surface area contributed by atoms with Gasteiger partial charge in [0.15, 0.2) is 0 Å². The minimum Gasteiger partial charge on any atom is -0.388 e. The summed E-state index contributed by atoms with van der Waals surface area (Å²) in [4.78, 5) is 0.222. The molecular formula is C14H24N2O3S. The summed E-state index contributed by atoms with van der Waals surface area (Å²) < 4.78 is 25.4. The highest BCUT2D eigenvalue weighted by atomic mass is 32.2. The molecule has 0 heterocycles. The normalized spacial score (nSPS) is 15.1. The van der Waals surface area contributed by atoms with Crippen molar-refractivity contribution in [1.29, 1.82) is 0 Å². The number of sulfonamides is 1. The molecule has 0 amide bonds. The van der Waals surface area contributed by atoms with Crippen LogP contribution in [0.25, 0.3) is 0 Å². The molecule has 3 N–H and O–H groups in total. The maximum atomic E-state index is 11.6. The van der Waals surface area contributed by atoms with Gasteiger partial charge in [-0.3, -0.25) is 0 Å². The summed E-state index contributed by atoms with van der Waals surface area (Å²) in [7, 11) is -2.02. The number of hydrogen-bond donors (Lipinski definition) is 3. The molecule has 0 bridgehead atoms. The summed E-state index contributed by atoms with van der Waals surface area (Å²) in [6.45, 7) is 6.33. The van der Waals surface area contributed by atoms with Gasteiger partial charge < -0.3 is 10.4 Å². The Kier molecular flexibility index (Phi) is 5.56. The molecular weight excluding hydrogens is 276 g/mol.